The van der Waals surface area contributed by atoms with E-state index in [0.29, 0.717) is 0 Å². The van der Waals surface area contributed by atoms with Gasteiger partial charge >= 0.3 is 0 Å². The van der Waals surface area contributed by atoms with Crippen LogP contribution in [0.5, 0.6) is 0 Å². The molecule has 2 aromatic heterocycles. The molecule has 0 aliphatic rings. The summed E-state index contributed by atoms with van der Waals surface area (Å²) in [5.74, 6) is 0. The van der Waals surface area contributed by atoms with Crippen molar-refractivity contribution < 1.29 is 0 Å². The molecule has 1 N–H and O–H groups in total. The van der Waals surface area contributed by atoms with Gasteiger partial charge in [-0.05, 0) is 38.2 Å². The van der Waals surface area contributed by atoms with Crippen molar-refractivity contribution in [2.75, 3.05) is 18.0 Å². The summed E-state index contributed by atoms with van der Waals surface area (Å²) in [5.41, 5.74) is 1.90. The lowest BCUT2D eigenvalue weighted by Crippen LogP contribution is -2.39. The predicted molar refractivity (Wildman–Crippen MR) is 80.7 cm³/mol. The first-order chi connectivity index (χ1) is 9.26. The smallest absolute Gasteiger partial charge is 0.173 e. The molecule has 0 saturated carbocycles. The first-order valence-corrected chi connectivity index (χ1v) is 6.67. The van der Waals surface area contributed by atoms with Crippen molar-refractivity contribution in [1.82, 2.24) is 20.1 Å². The zero-order chi connectivity index (χ0) is 13.7. The van der Waals surface area contributed by atoms with E-state index in [2.05, 4.69) is 22.3 Å². The number of hydrogen-bond donors (Lipinski definition) is 1. The van der Waals surface area contributed by atoms with Crippen LogP contribution in [0.1, 0.15) is 13.8 Å². The van der Waals surface area contributed by atoms with E-state index < -0.39 is 0 Å². The minimum absolute atomic E-state index is 0.718. The fraction of sp³-hybridized carbons (Fsp3) is 0.308. The second kappa shape index (κ2) is 6.29. The largest absolute Gasteiger partial charge is 0.363 e. The van der Waals surface area contributed by atoms with E-state index in [1.807, 2.05) is 30.2 Å². The van der Waals surface area contributed by atoms with Gasteiger partial charge in [0, 0.05) is 19.3 Å². The Hall–Kier alpha value is -1.95. The van der Waals surface area contributed by atoms with Gasteiger partial charge in [-0.1, -0.05) is 0 Å². The quantitative estimate of drug-likeness (QED) is 0.865. The van der Waals surface area contributed by atoms with Gasteiger partial charge in [-0.25, -0.2) is 4.68 Å². The molecule has 0 aromatic carbocycles. The monoisotopic (exact) mass is 275 g/mol. The highest BCUT2D eigenvalue weighted by molar-refractivity contribution is 7.80. The molecule has 5 nitrogen and oxygen atoms in total. The number of nitrogens with zero attached hydrogens (tertiary/aromatic N) is 4. The standard InChI is InChI=1S/C13H17N5S/c1-3-15-13(19)17(4-2)12-9-16-18(10-12)11-6-5-7-14-8-11/h5-10H,3-4H2,1-2H3,(H,15,19). The van der Waals surface area contributed by atoms with Crippen molar-refractivity contribution in [2.24, 2.45) is 0 Å². The highest BCUT2D eigenvalue weighted by Gasteiger charge is 2.11. The summed E-state index contributed by atoms with van der Waals surface area (Å²) in [5, 5.41) is 8.22. The summed E-state index contributed by atoms with van der Waals surface area (Å²) in [6, 6.07) is 3.85. The summed E-state index contributed by atoms with van der Waals surface area (Å²) in [4.78, 5) is 6.10. The Labute approximate surface area is 118 Å². The number of thiocarbonyl (C=S) groups is 1. The fourth-order valence-electron chi connectivity index (χ4n) is 1.77. The first kappa shape index (κ1) is 13.5. The van der Waals surface area contributed by atoms with Crippen LogP contribution in [0, 0.1) is 0 Å². The molecule has 0 aliphatic heterocycles. The summed E-state index contributed by atoms with van der Waals surface area (Å²) >= 11 is 5.35. The Bertz CT molecular complexity index is 537. The van der Waals surface area contributed by atoms with Gasteiger partial charge in [0.05, 0.1) is 30.0 Å². The highest BCUT2D eigenvalue weighted by atomic mass is 32.1. The summed E-state index contributed by atoms with van der Waals surface area (Å²) in [6.07, 6.45) is 7.27. The molecule has 0 amide bonds. The minimum atomic E-state index is 0.718. The van der Waals surface area contributed by atoms with E-state index in [1.54, 1.807) is 23.3 Å². The molecule has 0 aliphatic carbocycles. The number of rotatable bonds is 4. The maximum atomic E-state index is 5.35. The molecule has 0 spiro atoms. The van der Waals surface area contributed by atoms with Gasteiger partial charge in [0.1, 0.15) is 0 Å². The Kier molecular flexibility index (Phi) is 4.46. The molecule has 2 heterocycles. The lowest BCUT2D eigenvalue weighted by Gasteiger charge is -2.22. The zero-order valence-electron chi connectivity index (χ0n) is 11.1. The predicted octanol–water partition coefficient (Wildman–Crippen LogP) is 1.99. The van der Waals surface area contributed by atoms with Gasteiger partial charge in [-0.2, -0.15) is 5.10 Å². The number of anilines is 1. The van der Waals surface area contributed by atoms with Crippen molar-refractivity contribution in [2.45, 2.75) is 13.8 Å². The average molecular weight is 275 g/mol. The van der Waals surface area contributed by atoms with Crippen molar-refractivity contribution in [3.8, 4) is 5.69 Å². The Morgan fingerprint density at radius 2 is 2.26 bits per heavy atom. The molecule has 2 rings (SSSR count). The molecule has 0 saturated heterocycles. The van der Waals surface area contributed by atoms with E-state index in [-0.39, 0.29) is 0 Å². The fourth-order valence-corrected chi connectivity index (χ4v) is 2.15. The van der Waals surface area contributed by atoms with Crippen LogP contribution in [0.2, 0.25) is 0 Å². The van der Waals surface area contributed by atoms with Crippen LogP contribution in [0.4, 0.5) is 5.69 Å². The zero-order valence-corrected chi connectivity index (χ0v) is 11.9. The number of nitrogens with one attached hydrogen (secondary N) is 1. The summed E-state index contributed by atoms with van der Waals surface area (Å²) in [7, 11) is 0. The summed E-state index contributed by atoms with van der Waals surface area (Å²) < 4.78 is 1.79. The van der Waals surface area contributed by atoms with Gasteiger partial charge in [-0.15, -0.1) is 0 Å². The molecule has 0 radical (unpaired) electrons. The minimum Gasteiger partial charge on any atom is -0.363 e. The van der Waals surface area contributed by atoms with E-state index in [4.69, 9.17) is 12.2 Å². The molecule has 0 unspecified atom stereocenters. The third-order valence-corrected chi connectivity index (χ3v) is 3.05. The first-order valence-electron chi connectivity index (χ1n) is 6.26. The van der Waals surface area contributed by atoms with Crippen molar-refractivity contribution in [3.63, 3.8) is 0 Å². The second-order valence-corrected chi connectivity index (χ2v) is 4.32. The third kappa shape index (κ3) is 3.08. The number of pyridine rings is 1. The van der Waals surface area contributed by atoms with Crippen molar-refractivity contribution in [3.05, 3.63) is 36.9 Å². The topological polar surface area (TPSA) is 46.0 Å². The number of hydrogen-bond acceptors (Lipinski definition) is 3. The second-order valence-electron chi connectivity index (χ2n) is 3.93. The van der Waals surface area contributed by atoms with E-state index >= 15 is 0 Å². The normalized spacial score (nSPS) is 10.2. The van der Waals surface area contributed by atoms with Crippen LogP contribution >= 0.6 is 12.2 Å². The van der Waals surface area contributed by atoms with Crippen LogP contribution in [0.25, 0.3) is 5.69 Å². The van der Waals surface area contributed by atoms with Crippen LogP contribution in [0.3, 0.4) is 0 Å². The maximum Gasteiger partial charge on any atom is 0.173 e. The van der Waals surface area contributed by atoms with E-state index in [1.165, 1.54) is 0 Å². The van der Waals surface area contributed by atoms with E-state index in [0.717, 1.165) is 29.6 Å². The Balaban J connectivity index is 2.22. The van der Waals surface area contributed by atoms with Gasteiger partial charge in [0.25, 0.3) is 0 Å². The van der Waals surface area contributed by atoms with Gasteiger partial charge < -0.3 is 10.2 Å². The molecule has 0 atom stereocenters. The van der Waals surface area contributed by atoms with Crippen molar-refractivity contribution in [1.29, 1.82) is 0 Å². The highest BCUT2D eigenvalue weighted by Crippen LogP contribution is 2.15. The van der Waals surface area contributed by atoms with Crippen molar-refractivity contribution >= 4 is 23.0 Å². The molecule has 19 heavy (non-hydrogen) atoms. The van der Waals surface area contributed by atoms with Gasteiger partial charge in [0.2, 0.25) is 0 Å². The molecule has 100 valence electrons. The Morgan fingerprint density at radius 3 is 2.89 bits per heavy atom. The van der Waals surface area contributed by atoms with Gasteiger partial charge in [-0.3, -0.25) is 4.98 Å². The maximum absolute atomic E-state index is 5.35. The molecule has 6 heteroatoms. The molecular weight excluding hydrogens is 258 g/mol. The van der Waals surface area contributed by atoms with E-state index in [9.17, 15) is 0 Å². The van der Waals surface area contributed by atoms with Crippen LogP contribution in [0.15, 0.2) is 36.9 Å². The van der Waals surface area contributed by atoms with Gasteiger partial charge in [0.15, 0.2) is 5.11 Å². The third-order valence-electron chi connectivity index (χ3n) is 2.68. The lowest BCUT2D eigenvalue weighted by molar-refractivity contribution is 0.873. The molecule has 0 bridgehead atoms. The van der Waals surface area contributed by atoms with Crippen LogP contribution in [-0.2, 0) is 0 Å². The van der Waals surface area contributed by atoms with Crippen LogP contribution in [-0.4, -0.2) is 33.0 Å². The molecule has 0 fully saturated rings. The Morgan fingerprint density at radius 1 is 1.42 bits per heavy atom. The molecule has 2 aromatic rings. The molecular formula is C13H17N5S. The van der Waals surface area contributed by atoms with Crippen LogP contribution < -0.4 is 10.2 Å². The number of aromatic nitrogens is 3. The summed E-state index contributed by atoms with van der Waals surface area (Å²) in [6.45, 7) is 5.70. The average Bonchev–Trinajstić information content (AvgIpc) is 2.90. The SMILES string of the molecule is CCNC(=S)N(CC)c1cnn(-c2cccnc2)c1. The lowest BCUT2D eigenvalue weighted by atomic mass is 10.4.